The number of rotatable bonds is 4. The number of aliphatic hydroxyl groups is 6. The molecule has 10 atom stereocenters. The minimum Gasteiger partial charge on any atom is -0.394 e. The van der Waals surface area contributed by atoms with Crippen molar-refractivity contribution >= 4 is 5.91 Å². The van der Waals surface area contributed by atoms with E-state index >= 15 is 0 Å². The first-order chi connectivity index (χ1) is 11.7. The summed E-state index contributed by atoms with van der Waals surface area (Å²) in [6.45, 7) is 2.01. The lowest BCUT2D eigenvalue weighted by molar-refractivity contribution is -0.341. The van der Waals surface area contributed by atoms with E-state index in [2.05, 4.69) is 5.32 Å². The van der Waals surface area contributed by atoms with Gasteiger partial charge in [0.2, 0.25) is 5.91 Å². The van der Waals surface area contributed by atoms with Crippen LogP contribution in [0.3, 0.4) is 0 Å². The Labute approximate surface area is 143 Å². The van der Waals surface area contributed by atoms with Crippen molar-refractivity contribution in [3.8, 4) is 0 Å². The number of nitrogens with one attached hydrogen (secondary N) is 1. The molecule has 11 heteroatoms. The van der Waals surface area contributed by atoms with Crippen molar-refractivity contribution in [1.29, 1.82) is 0 Å². The largest absolute Gasteiger partial charge is 0.394 e. The van der Waals surface area contributed by atoms with Gasteiger partial charge in [-0.3, -0.25) is 4.79 Å². The molecule has 0 aliphatic carbocycles. The fourth-order valence-electron chi connectivity index (χ4n) is 2.92. The average molecular weight is 367 g/mol. The van der Waals surface area contributed by atoms with Crippen molar-refractivity contribution in [2.75, 3.05) is 6.61 Å². The van der Waals surface area contributed by atoms with Crippen molar-refractivity contribution in [3.05, 3.63) is 0 Å². The summed E-state index contributed by atoms with van der Waals surface area (Å²) in [5.41, 5.74) is 0. The molecule has 2 heterocycles. The van der Waals surface area contributed by atoms with Gasteiger partial charge in [-0.05, 0) is 6.92 Å². The highest BCUT2D eigenvalue weighted by Crippen LogP contribution is 2.28. The molecule has 2 saturated heterocycles. The van der Waals surface area contributed by atoms with Crippen LogP contribution < -0.4 is 5.32 Å². The fourth-order valence-corrected chi connectivity index (χ4v) is 2.92. The molecule has 2 rings (SSSR count). The molecule has 1 unspecified atom stereocenters. The maximum Gasteiger partial charge on any atom is 0.217 e. The summed E-state index contributed by atoms with van der Waals surface area (Å²) in [5.74, 6) is -0.533. The predicted molar refractivity (Wildman–Crippen MR) is 78.8 cm³/mol. The number of amides is 1. The van der Waals surface area contributed by atoms with Crippen molar-refractivity contribution < 1.29 is 49.6 Å². The van der Waals surface area contributed by atoms with Crippen LogP contribution in [0.4, 0.5) is 0 Å². The van der Waals surface area contributed by atoms with Gasteiger partial charge >= 0.3 is 0 Å². The Morgan fingerprint density at radius 1 is 1.04 bits per heavy atom. The molecule has 1 amide bonds. The summed E-state index contributed by atoms with van der Waals surface area (Å²) in [7, 11) is 0. The van der Waals surface area contributed by atoms with Crippen LogP contribution in [0.2, 0.25) is 0 Å². The third-order valence-corrected chi connectivity index (χ3v) is 4.34. The van der Waals surface area contributed by atoms with Crippen LogP contribution in [0.1, 0.15) is 13.8 Å². The lowest BCUT2D eigenvalue weighted by atomic mass is 9.95. The van der Waals surface area contributed by atoms with E-state index in [1.54, 1.807) is 0 Å². The Kier molecular flexibility index (Phi) is 6.70. The van der Waals surface area contributed by atoms with Gasteiger partial charge in [-0.1, -0.05) is 0 Å². The molecular formula is C14H25NO10. The van der Waals surface area contributed by atoms with Crippen LogP contribution in [0.15, 0.2) is 0 Å². The lowest BCUT2D eigenvalue weighted by Crippen LogP contribution is -2.66. The first-order valence-corrected chi connectivity index (χ1v) is 7.92. The summed E-state index contributed by atoms with van der Waals surface area (Å²) < 4.78 is 15.9. The SMILES string of the molecule is CC(=O)N[C@H]1C(O)O[C@H](CO)[C@@H](O[C@@H]2O[C@H](C)[C@H](O)[C@H](O)[C@H]2O)[C@@H]1O. The van der Waals surface area contributed by atoms with Gasteiger partial charge in [0.15, 0.2) is 12.6 Å². The van der Waals surface area contributed by atoms with E-state index in [1.165, 1.54) is 13.8 Å². The quantitative estimate of drug-likeness (QED) is 0.257. The minimum absolute atomic E-state index is 0.533. The zero-order chi connectivity index (χ0) is 18.9. The number of hydrogen-bond acceptors (Lipinski definition) is 10. The molecule has 2 aliphatic heterocycles. The molecule has 2 fully saturated rings. The van der Waals surface area contributed by atoms with E-state index in [4.69, 9.17) is 14.2 Å². The first kappa shape index (κ1) is 20.4. The zero-order valence-corrected chi connectivity index (χ0v) is 13.8. The van der Waals surface area contributed by atoms with Crippen molar-refractivity contribution in [1.82, 2.24) is 5.32 Å². The molecule has 0 aromatic rings. The number of ether oxygens (including phenoxy) is 3. The molecule has 0 aromatic heterocycles. The molecule has 2 aliphatic rings. The third kappa shape index (κ3) is 4.27. The summed E-state index contributed by atoms with van der Waals surface area (Å²) in [6.07, 6.45) is -12.3. The highest BCUT2D eigenvalue weighted by molar-refractivity contribution is 5.73. The maximum atomic E-state index is 11.2. The van der Waals surface area contributed by atoms with Crippen LogP contribution in [0, 0.1) is 0 Å². The summed E-state index contributed by atoms with van der Waals surface area (Å²) in [4.78, 5) is 11.2. The van der Waals surface area contributed by atoms with Crippen molar-refractivity contribution in [2.24, 2.45) is 0 Å². The van der Waals surface area contributed by atoms with Gasteiger partial charge in [-0.2, -0.15) is 0 Å². The topological polar surface area (TPSA) is 178 Å². The predicted octanol–water partition coefficient (Wildman–Crippen LogP) is -4.23. The number of carbonyl (C=O) groups excluding carboxylic acids is 1. The van der Waals surface area contributed by atoms with E-state index in [9.17, 15) is 35.4 Å². The second kappa shape index (κ2) is 8.20. The fraction of sp³-hybridized carbons (Fsp3) is 0.929. The molecule has 0 saturated carbocycles. The highest BCUT2D eigenvalue weighted by Gasteiger charge is 2.50. The van der Waals surface area contributed by atoms with Crippen LogP contribution >= 0.6 is 0 Å². The molecule has 25 heavy (non-hydrogen) atoms. The lowest BCUT2D eigenvalue weighted by Gasteiger charge is -2.46. The Morgan fingerprint density at radius 3 is 2.24 bits per heavy atom. The monoisotopic (exact) mass is 367 g/mol. The standard InChI is InChI=1S/C14H25NO10/c1-4-8(18)10(20)11(21)14(23-4)25-12-6(3-16)24-13(22)7(9(12)19)15-5(2)17/h4,6-14,16,18-22H,3H2,1-2H3,(H,15,17)/t4-,6-,7-,8+,9-,10+,11-,12-,13?,14+/m1/s1. The van der Waals surface area contributed by atoms with Gasteiger partial charge in [0.1, 0.15) is 42.7 Å². The van der Waals surface area contributed by atoms with Crippen LogP contribution in [-0.2, 0) is 19.0 Å². The van der Waals surface area contributed by atoms with Crippen molar-refractivity contribution in [2.45, 2.75) is 75.2 Å². The van der Waals surface area contributed by atoms with Crippen LogP contribution in [0.5, 0.6) is 0 Å². The molecule has 146 valence electrons. The van der Waals surface area contributed by atoms with Gasteiger partial charge in [0.25, 0.3) is 0 Å². The molecule has 11 nitrogen and oxygen atoms in total. The normalized spacial score (nSPS) is 48.2. The summed E-state index contributed by atoms with van der Waals surface area (Å²) in [5, 5.41) is 61.5. The number of aliphatic hydroxyl groups excluding tert-OH is 6. The van der Waals surface area contributed by atoms with Gasteiger partial charge in [0, 0.05) is 6.92 Å². The Hall–Kier alpha value is -0.890. The van der Waals surface area contributed by atoms with Gasteiger partial charge in [-0.25, -0.2) is 0 Å². The summed E-state index contributed by atoms with van der Waals surface area (Å²) in [6, 6.07) is -1.24. The van der Waals surface area contributed by atoms with E-state index in [1.807, 2.05) is 0 Å². The minimum atomic E-state index is -1.62. The second-order valence-corrected chi connectivity index (χ2v) is 6.25. The number of hydrogen-bond donors (Lipinski definition) is 7. The van der Waals surface area contributed by atoms with Gasteiger partial charge < -0.3 is 50.2 Å². The van der Waals surface area contributed by atoms with E-state index in [0.717, 1.165) is 0 Å². The second-order valence-electron chi connectivity index (χ2n) is 6.25. The third-order valence-electron chi connectivity index (χ3n) is 4.34. The average Bonchev–Trinajstić information content (AvgIpc) is 2.56. The Bertz CT molecular complexity index is 465. The molecule has 0 bridgehead atoms. The Balaban J connectivity index is 2.15. The van der Waals surface area contributed by atoms with E-state index < -0.39 is 73.9 Å². The van der Waals surface area contributed by atoms with Gasteiger partial charge in [0.05, 0.1) is 12.7 Å². The van der Waals surface area contributed by atoms with E-state index in [-0.39, 0.29) is 0 Å². The molecule has 7 N–H and O–H groups in total. The summed E-state index contributed by atoms with van der Waals surface area (Å²) >= 11 is 0. The molecule has 0 spiro atoms. The molecular weight excluding hydrogens is 342 g/mol. The first-order valence-electron chi connectivity index (χ1n) is 7.92. The Morgan fingerprint density at radius 2 is 1.68 bits per heavy atom. The van der Waals surface area contributed by atoms with Crippen molar-refractivity contribution in [3.63, 3.8) is 0 Å². The molecule has 0 aromatic carbocycles. The van der Waals surface area contributed by atoms with Crippen LogP contribution in [-0.4, -0.2) is 105 Å². The number of carbonyl (C=O) groups is 1. The smallest absolute Gasteiger partial charge is 0.217 e. The van der Waals surface area contributed by atoms with Gasteiger partial charge in [-0.15, -0.1) is 0 Å². The maximum absolute atomic E-state index is 11.2. The van der Waals surface area contributed by atoms with E-state index in [0.29, 0.717) is 0 Å². The molecule has 0 radical (unpaired) electrons. The highest BCUT2D eigenvalue weighted by atomic mass is 16.7. The zero-order valence-electron chi connectivity index (χ0n) is 13.8. The van der Waals surface area contributed by atoms with Crippen LogP contribution in [0.25, 0.3) is 0 Å².